The van der Waals surface area contributed by atoms with Crippen molar-refractivity contribution in [1.29, 1.82) is 0 Å². The summed E-state index contributed by atoms with van der Waals surface area (Å²) < 4.78 is -0.235. The van der Waals surface area contributed by atoms with Gasteiger partial charge in [0.05, 0.1) is 4.75 Å². The number of rotatable bonds is 7. The van der Waals surface area contributed by atoms with Crippen molar-refractivity contribution in [1.82, 2.24) is 5.32 Å². The lowest BCUT2D eigenvalue weighted by Gasteiger charge is -2.21. The van der Waals surface area contributed by atoms with Crippen molar-refractivity contribution in [3.05, 3.63) is 0 Å². The van der Waals surface area contributed by atoms with Crippen LogP contribution in [0.2, 0.25) is 0 Å². The molecule has 0 aromatic heterocycles. The van der Waals surface area contributed by atoms with E-state index in [1.54, 1.807) is 11.8 Å². The molecule has 0 saturated carbocycles. The fraction of sp³-hybridized carbons (Fsp3) is 0.833. The van der Waals surface area contributed by atoms with E-state index in [0.717, 1.165) is 31.4 Å². The van der Waals surface area contributed by atoms with Gasteiger partial charge in [0, 0.05) is 13.0 Å². The zero-order valence-electron chi connectivity index (χ0n) is 10.3. The predicted octanol–water partition coefficient (Wildman–Crippen LogP) is 2.03. The molecule has 98 valence electrons. The van der Waals surface area contributed by atoms with E-state index in [4.69, 9.17) is 5.11 Å². The Morgan fingerprint density at radius 2 is 2.12 bits per heavy atom. The fourth-order valence-corrected chi connectivity index (χ4v) is 3.16. The van der Waals surface area contributed by atoms with Crippen LogP contribution in [-0.2, 0) is 9.59 Å². The van der Waals surface area contributed by atoms with E-state index in [1.165, 1.54) is 0 Å². The molecule has 1 fully saturated rings. The second-order valence-electron chi connectivity index (χ2n) is 4.64. The highest BCUT2D eigenvalue weighted by Gasteiger charge is 2.36. The second-order valence-corrected chi connectivity index (χ2v) is 6.24. The summed E-state index contributed by atoms with van der Waals surface area (Å²) in [6.45, 7) is 2.67. The number of carbonyl (C=O) groups is 2. The van der Waals surface area contributed by atoms with Gasteiger partial charge in [0.1, 0.15) is 0 Å². The first-order chi connectivity index (χ1) is 8.04. The van der Waals surface area contributed by atoms with E-state index in [2.05, 4.69) is 5.32 Å². The Balaban J connectivity index is 2.06. The molecule has 5 heteroatoms. The van der Waals surface area contributed by atoms with Crippen LogP contribution < -0.4 is 5.32 Å². The van der Waals surface area contributed by atoms with E-state index in [1.807, 2.05) is 6.92 Å². The van der Waals surface area contributed by atoms with Crippen LogP contribution in [0.1, 0.15) is 45.4 Å². The molecule has 0 spiro atoms. The lowest BCUT2D eigenvalue weighted by Crippen LogP contribution is -2.40. The normalized spacial score (nSPS) is 23.6. The van der Waals surface area contributed by atoms with Gasteiger partial charge in [-0.05, 0) is 38.4 Å². The molecule has 2 N–H and O–H groups in total. The SMILES string of the molecule is CC1(C(=O)NCCCCCC(=O)O)CCCS1. The topological polar surface area (TPSA) is 66.4 Å². The Bertz CT molecular complexity index is 275. The first-order valence-corrected chi connectivity index (χ1v) is 7.17. The van der Waals surface area contributed by atoms with E-state index < -0.39 is 5.97 Å². The first-order valence-electron chi connectivity index (χ1n) is 6.19. The average molecular weight is 259 g/mol. The summed E-state index contributed by atoms with van der Waals surface area (Å²) in [6.07, 6.45) is 4.71. The van der Waals surface area contributed by atoms with E-state index in [-0.39, 0.29) is 17.1 Å². The van der Waals surface area contributed by atoms with Crippen molar-refractivity contribution in [2.45, 2.75) is 50.2 Å². The number of carbonyl (C=O) groups excluding carboxylic acids is 1. The van der Waals surface area contributed by atoms with Gasteiger partial charge in [-0.3, -0.25) is 9.59 Å². The monoisotopic (exact) mass is 259 g/mol. The molecule has 4 nitrogen and oxygen atoms in total. The van der Waals surface area contributed by atoms with Crippen molar-refractivity contribution in [3.63, 3.8) is 0 Å². The number of nitrogens with one attached hydrogen (secondary N) is 1. The third-order valence-electron chi connectivity index (χ3n) is 3.05. The zero-order chi connectivity index (χ0) is 12.7. The number of hydrogen-bond acceptors (Lipinski definition) is 3. The Morgan fingerprint density at radius 3 is 2.71 bits per heavy atom. The quantitative estimate of drug-likeness (QED) is 0.687. The first kappa shape index (κ1) is 14.4. The minimum Gasteiger partial charge on any atom is -0.481 e. The molecular weight excluding hydrogens is 238 g/mol. The van der Waals surface area contributed by atoms with Crippen molar-refractivity contribution in [3.8, 4) is 0 Å². The highest BCUT2D eigenvalue weighted by molar-refractivity contribution is 8.01. The minimum absolute atomic E-state index is 0.137. The smallest absolute Gasteiger partial charge is 0.303 e. The van der Waals surface area contributed by atoms with Gasteiger partial charge in [0.25, 0.3) is 0 Å². The van der Waals surface area contributed by atoms with Crippen LogP contribution in [0.5, 0.6) is 0 Å². The number of amides is 1. The van der Waals surface area contributed by atoms with Crippen LogP contribution in [0.3, 0.4) is 0 Å². The molecule has 0 aliphatic carbocycles. The Morgan fingerprint density at radius 1 is 1.35 bits per heavy atom. The van der Waals surface area contributed by atoms with Crippen molar-refractivity contribution in [2.75, 3.05) is 12.3 Å². The summed E-state index contributed by atoms with van der Waals surface area (Å²) in [5, 5.41) is 11.4. The molecule has 0 radical (unpaired) electrons. The third-order valence-corrected chi connectivity index (χ3v) is 4.57. The van der Waals surface area contributed by atoms with Crippen LogP contribution in [0, 0.1) is 0 Å². The molecule has 0 aromatic carbocycles. The van der Waals surface area contributed by atoms with Crippen molar-refractivity contribution < 1.29 is 14.7 Å². The molecule has 17 heavy (non-hydrogen) atoms. The number of carboxylic acids is 1. The second kappa shape index (κ2) is 6.89. The van der Waals surface area contributed by atoms with Gasteiger partial charge in [-0.15, -0.1) is 11.8 Å². The van der Waals surface area contributed by atoms with Crippen molar-refractivity contribution >= 4 is 23.6 Å². The van der Waals surface area contributed by atoms with Crippen LogP contribution >= 0.6 is 11.8 Å². The minimum atomic E-state index is -0.746. The number of unbranched alkanes of at least 4 members (excludes halogenated alkanes) is 2. The van der Waals surface area contributed by atoms with Crippen LogP contribution in [0.25, 0.3) is 0 Å². The highest BCUT2D eigenvalue weighted by atomic mass is 32.2. The Hall–Kier alpha value is -0.710. The van der Waals surface area contributed by atoms with Crippen LogP contribution in [0.4, 0.5) is 0 Å². The summed E-state index contributed by atoms with van der Waals surface area (Å²) in [5.41, 5.74) is 0. The third kappa shape index (κ3) is 4.98. The van der Waals surface area contributed by atoms with Gasteiger partial charge in [-0.25, -0.2) is 0 Å². The average Bonchev–Trinajstić information content (AvgIpc) is 2.71. The van der Waals surface area contributed by atoms with E-state index in [0.29, 0.717) is 13.0 Å². The van der Waals surface area contributed by atoms with Gasteiger partial charge in [-0.1, -0.05) is 6.42 Å². The molecule has 0 aromatic rings. The summed E-state index contributed by atoms with van der Waals surface area (Å²) in [6, 6.07) is 0. The number of aliphatic carboxylic acids is 1. The van der Waals surface area contributed by atoms with Crippen molar-refractivity contribution in [2.24, 2.45) is 0 Å². The molecular formula is C12H21NO3S. The molecule has 1 aliphatic rings. The summed E-state index contributed by atoms with van der Waals surface area (Å²) in [4.78, 5) is 22.2. The van der Waals surface area contributed by atoms with Gasteiger partial charge >= 0.3 is 5.97 Å². The molecule has 1 unspecified atom stereocenters. The maximum atomic E-state index is 11.9. The molecule has 1 aliphatic heterocycles. The summed E-state index contributed by atoms with van der Waals surface area (Å²) in [5.74, 6) is 0.463. The largest absolute Gasteiger partial charge is 0.481 e. The lowest BCUT2D eigenvalue weighted by molar-refractivity contribution is -0.137. The zero-order valence-corrected chi connectivity index (χ0v) is 11.1. The van der Waals surface area contributed by atoms with E-state index >= 15 is 0 Å². The lowest BCUT2D eigenvalue weighted by atomic mass is 10.0. The highest BCUT2D eigenvalue weighted by Crippen LogP contribution is 2.37. The van der Waals surface area contributed by atoms with Gasteiger partial charge in [0.15, 0.2) is 0 Å². The number of thioether (sulfide) groups is 1. The standard InChI is InChI=1S/C12H21NO3S/c1-12(7-5-9-17-12)11(16)13-8-4-2-3-6-10(14)15/h2-9H2,1H3,(H,13,16)(H,14,15). The summed E-state index contributed by atoms with van der Waals surface area (Å²) in [7, 11) is 0. The maximum Gasteiger partial charge on any atom is 0.303 e. The molecule has 1 atom stereocenters. The van der Waals surface area contributed by atoms with E-state index in [9.17, 15) is 9.59 Å². The molecule has 1 rings (SSSR count). The van der Waals surface area contributed by atoms with Crippen LogP contribution in [0.15, 0.2) is 0 Å². The molecule has 1 heterocycles. The van der Waals surface area contributed by atoms with Crippen LogP contribution in [-0.4, -0.2) is 34.0 Å². The summed E-state index contributed by atoms with van der Waals surface area (Å²) >= 11 is 1.74. The maximum absolute atomic E-state index is 11.9. The van der Waals surface area contributed by atoms with Gasteiger partial charge in [0.2, 0.25) is 5.91 Å². The number of hydrogen-bond donors (Lipinski definition) is 2. The van der Waals surface area contributed by atoms with Gasteiger partial charge in [-0.2, -0.15) is 0 Å². The number of carboxylic acid groups (broad SMARTS) is 1. The fourth-order valence-electron chi connectivity index (χ4n) is 1.93. The molecule has 1 amide bonds. The molecule has 1 saturated heterocycles. The predicted molar refractivity (Wildman–Crippen MR) is 69.2 cm³/mol. The Labute approximate surface area is 107 Å². The van der Waals surface area contributed by atoms with Gasteiger partial charge < -0.3 is 10.4 Å². The molecule has 0 bridgehead atoms. The Kier molecular flexibility index (Phi) is 5.82.